The summed E-state index contributed by atoms with van der Waals surface area (Å²) in [6.45, 7) is 6.26. The van der Waals surface area contributed by atoms with Crippen LogP contribution in [0, 0.1) is 5.41 Å². The minimum atomic E-state index is 0.111. The van der Waals surface area contributed by atoms with E-state index in [2.05, 4.69) is 13.8 Å². The summed E-state index contributed by atoms with van der Waals surface area (Å²) in [5.74, 6) is 0.111. The van der Waals surface area contributed by atoms with E-state index in [0.29, 0.717) is 16.7 Å². The number of nitrogens with zero attached hydrogens (tertiary/aromatic N) is 1. The van der Waals surface area contributed by atoms with Gasteiger partial charge in [-0.05, 0) is 42.9 Å². The second-order valence-corrected chi connectivity index (χ2v) is 5.94. The van der Waals surface area contributed by atoms with Crippen molar-refractivity contribution in [1.29, 1.82) is 0 Å². The molecule has 2 rings (SSSR count). The highest BCUT2D eigenvalue weighted by Gasteiger charge is 2.25. The Hall–Kier alpha value is -1.51. The second-order valence-electron chi connectivity index (χ2n) is 5.94. The van der Waals surface area contributed by atoms with Crippen LogP contribution in [0.4, 0.5) is 5.69 Å². The smallest absolute Gasteiger partial charge is 0.253 e. The zero-order valence-corrected chi connectivity index (χ0v) is 11.3. The van der Waals surface area contributed by atoms with Crippen molar-refractivity contribution in [2.24, 2.45) is 5.41 Å². The molecule has 98 valence electrons. The number of nitrogens with two attached hydrogens (primary N) is 1. The Morgan fingerprint density at radius 2 is 2.06 bits per heavy atom. The number of rotatable bonds is 1. The lowest BCUT2D eigenvalue weighted by atomic mass is 9.85. The maximum Gasteiger partial charge on any atom is 0.253 e. The summed E-state index contributed by atoms with van der Waals surface area (Å²) in [5, 5.41) is 0. The van der Waals surface area contributed by atoms with Gasteiger partial charge in [0, 0.05) is 24.3 Å². The molecule has 1 aromatic carbocycles. The van der Waals surface area contributed by atoms with Crippen LogP contribution >= 0.6 is 0 Å². The van der Waals surface area contributed by atoms with Crippen LogP contribution in [0.15, 0.2) is 24.3 Å². The number of hydrogen-bond donors (Lipinski definition) is 1. The fraction of sp³-hybridized carbons (Fsp3) is 0.533. The maximum absolute atomic E-state index is 12.4. The van der Waals surface area contributed by atoms with Gasteiger partial charge in [0.1, 0.15) is 0 Å². The summed E-state index contributed by atoms with van der Waals surface area (Å²) in [6, 6.07) is 7.25. The van der Waals surface area contributed by atoms with E-state index in [-0.39, 0.29) is 5.91 Å². The van der Waals surface area contributed by atoms with E-state index in [1.54, 1.807) is 6.07 Å². The van der Waals surface area contributed by atoms with Crippen molar-refractivity contribution in [3.8, 4) is 0 Å². The predicted molar refractivity (Wildman–Crippen MR) is 74.4 cm³/mol. The molecule has 2 N–H and O–H groups in total. The van der Waals surface area contributed by atoms with Crippen molar-refractivity contribution in [2.75, 3.05) is 18.8 Å². The first kappa shape index (κ1) is 12.9. The molecule has 1 aliphatic heterocycles. The lowest BCUT2D eigenvalue weighted by Gasteiger charge is -2.23. The molecule has 1 saturated heterocycles. The summed E-state index contributed by atoms with van der Waals surface area (Å²) >= 11 is 0. The van der Waals surface area contributed by atoms with Crippen molar-refractivity contribution in [1.82, 2.24) is 4.90 Å². The number of benzene rings is 1. The molecule has 18 heavy (non-hydrogen) atoms. The highest BCUT2D eigenvalue weighted by molar-refractivity contribution is 5.95. The lowest BCUT2D eigenvalue weighted by Crippen LogP contribution is -2.32. The highest BCUT2D eigenvalue weighted by atomic mass is 16.2. The van der Waals surface area contributed by atoms with Gasteiger partial charge in [-0.25, -0.2) is 0 Å². The van der Waals surface area contributed by atoms with E-state index in [4.69, 9.17) is 5.73 Å². The minimum absolute atomic E-state index is 0.111. The molecule has 0 radical (unpaired) electrons. The van der Waals surface area contributed by atoms with E-state index in [0.717, 1.165) is 25.9 Å². The molecule has 0 saturated carbocycles. The molecule has 1 amide bonds. The third-order valence-electron chi connectivity index (χ3n) is 3.76. The average molecular weight is 246 g/mol. The van der Waals surface area contributed by atoms with E-state index in [1.807, 2.05) is 23.1 Å². The molecule has 0 unspecified atom stereocenters. The van der Waals surface area contributed by atoms with Crippen LogP contribution in [0.25, 0.3) is 0 Å². The lowest BCUT2D eigenvalue weighted by molar-refractivity contribution is 0.0757. The molecule has 1 aromatic rings. The third kappa shape index (κ3) is 3.03. The van der Waals surface area contributed by atoms with Gasteiger partial charge < -0.3 is 10.6 Å². The van der Waals surface area contributed by atoms with Gasteiger partial charge in [0.05, 0.1) is 0 Å². The van der Waals surface area contributed by atoms with Crippen molar-refractivity contribution in [2.45, 2.75) is 33.1 Å². The van der Waals surface area contributed by atoms with E-state index in [9.17, 15) is 4.79 Å². The number of amides is 1. The van der Waals surface area contributed by atoms with E-state index < -0.39 is 0 Å². The number of nitrogen functional groups attached to an aromatic ring is 1. The number of carbonyl (C=O) groups is 1. The second kappa shape index (κ2) is 5.01. The summed E-state index contributed by atoms with van der Waals surface area (Å²) in [4.78, 5) is 14.3. The molecule has 0 atom stereocenters. The predicted octanol–water partition coefficient (Wildman–Crippen LogP) is 2.92. The minimum Gasteiger partial charge on any atom is -0.399 e. The van der Waals surface area contributed by atoms with Crippen molar-refractivity contribution in [3.63, 3.8) is 0 Å². The van der Waals surface area contributed by atoms with Crippen LogP contribution in [-0.2, 0) is 0 Å². The summed E-state index contributed by atoms with van der Waals surface area (Å²) < 4.78 is 0. The zero-order chi connectivity index (χ0) is 13.2. The molecule has 0 bridgehead atoms. The molecule has 1 fully saturated rings. The normalized spacial score (nSPS) is 19.3. The first-order valence-electron chi connectivity index (χ1n) is 6.63. The van der Waals surface area contributed by atoms with Crippen LogP contribution in [0.2, 0.25) is 0 Å². The Morgan fingerprint density at radius 3 is 2.78 bits per heavy atom. The SMILES string of the molecule is CC1(C)CCCN(C(=O)c2cccc(N)c2)CC1. The van der Waals surface area contributed by atoms with Crippen LogP contribution in [0.3, 0.4) is 0 Å². The zero-order valence-electron chi connectivity index (χ0n) is 11.3. The van der Waals surface area contributed by atoms with Crippen LogP contribution in [0.1, 0.15) is 43.5 Å². The Balaban J connectivity index is 2.10. The number of anilines is 1. The van der Waals surface area contributed by atoms with Crippen molar-refractivity contribution < 1.29 is 4.79 Å². The first-order valence-corrected chi connectivity index (χ1v) is 6.63. The van der Waals surface area contributed by atoms with E-state index >= 15 is 0 Å². The van der Waals surface area contributed by atoms with Gasteiger partial charge in [-0.1, -0.05) is 19.9 Å². The van der Waals surface area contributed by atoms with Gasteiger partial charge in [0.25, 0.3) is 5.91 Å². The molecule has 0 spiro atoms. The highest BCUT2D eigenvalue weighted by Crippen LogP contribution is 2.30. The van der Waals surface area contributed by atoms with Gasteiger partial charge in [0.15, 0.2) is 0 Å². The number of likely N-dealkylation sites (tertiary alicyclic amines) is 1. The Bertz CT molecular complexity index is 440. The summed E-state index contributed by atoms with van der Waals surface area (Å²) in [7, 11) is 0. The Labute approximate surface area is 109 Å². The monoisotopic (exact) mass is 246 g/mol. The molecule has 1 aliphatic rings. The topological polar surface area (TPSA) is 46.3 Å². The number of carbonyl (C=O) groups excluding carboxylic acids is 1. The molecule has 3 nitrogen and oxygen atoms in total. The van der Waals surface area contributed by atoms with Crippen LogP contribution in [0.5, 0.6) is 0 Å². The molecule has 0 aromatic heterocycles. The van der Waals surface area contributed by atoms with E-state index in [1.165, 1.54) is 6.42 Å². The fourth-order valence-electron chi connectivity index (χ4n) is 2.48. The summed E-state index contributed by atoms with van der Waals surface area (Å²) in [6.07, 6.45) is 3.34. The first-order chi connectivity index (χ1) is 8.48. The maximum atomic E-state index is 12.4. The van der Waals surface area contributed by atoms with Gasteiger partial charge in [-0.2, -0.15) is 0 Å². The van der Waals surface area contributed by atoms with Gasteiger partial charge >= 0.3 is 0 Å². The average Bonchev–Trinajstić information content (AvgIpc) is 2.49. The summed E-state index contributed by atoms with van der Waals surface area (Å²) in [5.41, 5.74) is 7.43. The Morgan fingerprint density at radius 1 is 1.28 bits per heavy atom. The molecular formula is C15H22N2O. The van der Waals surface area contributed by atoms with Gasteiger partial charge in [-0.3, -0.25) is 4.79 Å². The molecule has 1 heterocycles. The Kier molecular flexibility index (Phi) is 3.60. The van der Waals surface area contributed by atoms with Crippen molar-refractivity contribution in [3.05, 3.63) is 29.8 Å². The van der Waals surface area contributed by atoms with Gasteiger partial charge in [-0.15, -0.1) is 0 Å². The van der Waals surface area contributed by atoms with Gasteiger partial charge in [0.2, 0.25) is 0 Å². The molecule has 0 aliphatic carbocycles. The quantitative estimate of drug-likeness (QED) is 0.774. The molecule has 3 heteroatoms. The standard InChI is InChI=1S/C15H22N2O/c1-15(2)7-4-9-17(10-8-15)14(18)12-5-3-6-13(16)11-12/h3,5-6,11H,4,7-10,16H2,1-2H3. The fourth-order valence-corrected chi connectivity index (χ4v) is 2.48. The third-order valence-corrected chi connectivity index (χ3v) is 3.76. The van der Waals surface area contributed by atoms with Crippen LogP contribution < -0.4 is 5.73 Å². The largest absolute Gasteiger partial charge is 0.399 e. The van der Waals surface area contributed by atoms with Crippen molar-refractivity contribution >= 4 is 11.6 Å². The number of hydrogen-bond acceptors (Lipinski definition) is 2. The molecular weight excluding hydrogens is 224 g/mol. The van der Waals surface area contributed by atoms with Crippen LogP contribution in [-0.4, -0.2) is 23.9 Å².